The first kappa shape index (κ1) is 15.4. The molecule has 5 nitrogen and oxygen atoms in total. The molecule has 0 atom stereocenters. The van der Waals surface area contributed by atoms with Crippen LogP contribution in [0.15, 0.2) is 29.3 Å². The van der Waals surface area contributed by atoms with E-state index >= 15 is 0 Å². The van der Waals surface area contributed by atoms with Crippen molar-refractivity contribution in [2.45, 2.75) is 32.7 Å². The van der Waals surface area contributed by atoms with Crippen LogP contribution in [0.2, 0.25) is 0 Å². The van der Waals surface area contributed by atoms with Crippen molar-refractivity contribution in [2.24, 2.45) is 12.0 Å². The molecule has 0 saturated heterocycles. The number of aryl methyl sites for hydroxylation is 1. The number of guanidine groups is 1. The van der Waals surface area contributed by atoms with E-state index < -0.39 is 0 Å². The van der Waals surface area contributed by atoms with Crippen LogP contribution in [-0.2, 0) is 13.6 Å². The van der Waals surface area contributed by atoms with Crippen molar-refractivity contribution in [3.8, 4) is 0 Å². The number of rotatable bonds is 6. The summed E-state index contributed by atoms with van der Waals surface area (Å²) in [6, 6.07) is 8.18. The zero-order chi connectivity index (χ0) is 15.1. The van der Waals surface area contributed by atoms with Crippen LogP contribution in [0.4, 0.5) is 0 Å². The zero-order valence-corrected chi connectivity index (χ0v) is 13.2. The fourth-order valence-electron chi connectivity index (χ4n) is 2.32. The van der Waals surface area contributed by atoms with Crippen LogP contribution in [-0.4, -0.2) is 29.1 Å². The molecular formula is C16H25N5. The second-order valence-electron chi connectivity index (χ2n) is 5.14. The minimum atomic E-state index is 0.665. The second kappa shape index (κ2) is 7.67. The van der Waals surface area contributed by atoms with E-state index in [2.05, 4.69) is 38.2 Å². The van der Waals surface area contributed by atoms with E-state index in [9.17, 15) is 0 Å². The molecule has 0 spiro atoms. The Hall–Kier alpha value is -2.04. The number of unbranched alkanes of at least 4 members (excludes halogenated alkanes) is 2. The molecule has 0 saturated carbocycles. The van der Waals surface area contributed by atoms with E-state index in [1.807, 2.05) is 25.2 Å². The largest absolute Gasteiger partial charge is 0.356 e. The topological polar surface area (TPSA) is 54.2 Å². The molecule has 114 valence electrons. The van der Waals surface area contributed by atoms with Crippen molar-refractivity contribution in [2.75, 3.05) is 13.6 Å². The Morgan fingerprint density at radius 2 is 2.05 bits per heavy atom. The van der Waals surface area contributed by atoms with Gasteiger partial charge in [0.2, 0.25) is 0 Å². The lowest BCUT2D eigenvalue weighted by Crippen LogP contribution is -2.37. The van der Waals surface area contributed by atoms with E-state index in [0.717, 1.165) is 29.4 Å². The second-order valence-corrected chi connectivity index (χ2v) is 5.14. The molecule has 0 aliphatic carbocycles. The number of para-hydroxylation sites is 2. The highest BCUT2D eigenvalue weighted by molar-refractivity contribution is 5.80. The van der Waals surface area contributed by atoms with Crippen LogP contribution in [0.25, 0.3) is 11.0 Å². The predicted octanol–water partition coefficient (Wildman–Crippen LogP) is 2.43. The lowest BCUT2D eigenvalue weighted by Gasteiger charge is -2.11. The van der Waals surface area contributed by atoms with E-state index in [-0.39, 0.29) is 0 Å². The van der Waals surface area contributed by atoms with Gasteiger partial charge >= 0.3 is 0 Å². The quantitative estimate of drug-likeness (QED) is 0.487. The first-order chi connectivity index (χ1) is 10.3. The molecule has 0 aliphatic rings. The SMILES string of the molecule is CCCCCNC(=NC)NCc1nc2ccccc2n1C. The third-order valence-corrected chi connectivity index (χ3v) is 3.59. The molecule has 0 bridgehead atoms. The molecule has 2 N–H and O–H groups in total. The van der Waals surface area contributed by atoms with Gasteiger partial charge in [0.05, 0.1) is 17.6 Å². The molecule has 1 aromatic carbocycles. The Balaban J connectivity index is 1.92. The Morgan fingerprint density at radius 3 is 2.76 bits per heavy atom. The van der Waals surface area contributed by atoms with E-state index in [1.54, 1.807) is 7.05 Å². The highest BCUT2D eigenvalue weighted by Crippen LogP contribution is 2.13. The average molecular weight is 287 g/mol. The molecule has 21 heavy (non-hydrogen) atoms. The first-order valence-corrected chi connectivity index (χ1v) is 7.61. The molecule has 1 heterocycles. The van der Waals surface area contributed by atoms with Crippen molar-refractivity contribution in [1.82, 2.24) is 20.2 Å². The minimum Gasteiger partial charge on any atom is -0.356 e. The molecule has 0 unspecified atom stereocenters. The number of fused-ring (bicyclic) bond motifs is 1. The van der Waals surface area contributed by atoms with Gasteiger partial charge in [0.25, 0.3) is 0 Å². The summed E-state index contributed by atoms with van der Waals surface area (Å²) in [6.07, 6.45) is 3.64. The Bertz CT molecular complexity index is 600. The number of nitrogens with zero attached hydrogens (tertiary/aromatic N) is 3. The van der Waals surface area contributed by atoms with Crippen LogP contribution >= 0.6 is 0 Å². The molecule has 2 aromatic rings. The summed E-state index contributed by atoms with van der Waals surface area (Å²) in [6.45, 7) is 3.83. The van der Waals surface area contributed by atoms with E-state index in [1.165, 1.54) is 19.3 Å². The maximum absolute atomic E-state index is 4.65. The summed E-state index contributed by atoms with van der Waals surface area (Å²) < 4.78 is 2.12. The Morgan fingerprint density at radius 1 is 1.24 bits per heavy atom. The molecule has 0 fully saturated rings. The maximum Gasteiger partial charge on any atom is 0.191 e. The van der Waals surface area contributed by atoms with E-state index in [4.69, 9.17) is 0 Å². The van der Waals surface area contributed by atoms with Crippen LogP contribution < -0.4 is 10.6 Å². The summed E-state index contributed by atoms with van der Waals surface area (Å²) in [5.74, 6) is 1.84. The lowest BCUT2D eigenvalue weighted by molar-refractivity contribution is 0.676. The van der Waals surface area contributed by atoms with Crippen molar-refractivity contribution in [3.63, 3.8) is 0 Å². The summed E-state index contributed by atoms with van der Waals surface area (Å²) in [5.41, 5.74) is 2.18. The highest BCUT2D eigenvalue weighted by atomic mass is 15.2. The van der Waals surface area contributed by atoms with Crippen LogP contribution in [0.3, 0.4) is 0 Å². The molecular weight excluding hydrogens is 262 g/mol. The number of aliphatic imine (C=N–C) groups is 1. The normalized spacial score (nSPS) is 11.9. The van der Waals surface area contributed by atoms with Crippen molar-refractivity contribution in [1.29, 1.82) is 0 Å². The minimum absolute atomic E-state index is 0.665. The summed E-state index contributed by atoms with van der Waals surface area (Å²) in [7, 11) is 3.84. The standard InChI is InChI=1S/C16H25N5/c1-4-5-8-11-18-16(17-2)19-12-15-20-13-9-6-7-10-14(13)21(15)3/h6-7,9-10H,4-5,8,11-12H2,1-3H3,(H2,17,18,19). The summed E-state index contributed by atoms with van der Waals surface area (Å²) in [4.78, 5) is 8.89. The molecule has 0 amide bonds. The molecule has 2 rings (SSSR count). The average Bonchev–Trinajstić information content (AvgIpc) is 2.83. The van der Waals surface area contributed by atoms with Gasteiger partial charge in [0.1, 0.15) is 5.82 Å². The number of benzene rings is 1. The lowest BCUT2D eigenvalue weighted by atomic mass is 10.2. The third kappa shape index (κ3) is 3.97. The zero-order valence-electron chi connectivity index (χ0n) is 13.2. The van der Waals surface area contributed by atoms with Gasteiger partial charge in [-0.3, -0.25) is 4.99 Å². The van der Waals surface area contributed by atoms with Crippen LogP contribution in [0.1, 0.15) is 32.0 Å². The van der Waals surface area contributed by atoms with Crippen LogP contribution in [0.5, 0.6) is 0 Å². The van der Waals surface area contributed by atoms with Crippen molar-refractivity contribution >= 4 is 17.0 Å². The molecule has 1 aromatic heterocycles. The van der Waals surface area contributed by atoms with Crippen molar-refractivity contribution in [3.05, 3.63) is 30.1 Å². The number of hydrogen-bond donors (Lipinski definition) is 2. The Kier molecular flexibility index (Phi) is 5.60. The number of nitrogens with one attached hydrogen (secondary N) is 2. The van der Waals surface area contributed by atoms with E-state index in [0.29, 0.717) is 6.54 Å². The Labute approximate surface area is 126 Å². The smallest absolute Gasteiger partial charge is 0.191 e. The fourth-order valence-corrected chi connectivity index (χ4v) is 2.32. The molecule has 5 heteroatoms. The molecule has 0 aliphatic heterocycles. The number of hydrogen-bond acceptors (Lipinski definition) is 2. The maximum atomic E-state index is 4.65. The summed E-state index contributed by atoms with van der Waals surface area (Å²) in [5, 5.41) is 6.65. The summed E-state index contributed by atoms with van der Waals surface area (Å²) >= 11 is 0. The van der Waals surface area contributed by atoms with Gasteiger partial charge in [-0.05, 0) is 18.6 Å². The van der Waals surface area contributed by atoms with Gasteiger partial charge in [-0.25, -0.2) is 4.98 Å². The highest BCUT2D eigenvalue weighted by Gasteiger charge is 2.07. The van der Waals surface area contributed by atoms with Gasteiger partial charge in [-0.2, -0.15) is 0 Å². The molecule has 0 radical (unpaired) electrons. The fraction of sp³-hybridized carbons (Fsp3) is 0.500. The van der Waals surface area contributed by atoms with Gasteiger partial charge < -0.3 is 15.2 Å². The number of imidazole rings is 1. The van der Waals surface area contributed by atoms with Crippen molar-refractivity contribution < 1.29 is 0 Å². The third-order valence-electron chi connectivity index (χ3n) is 3.59. The van der Waals surface area contributed by atoms with Gasteiger partial charge in [0.15, 0.2) is 5.96 Å². The van der Waals surface area contributed by atoms with Gasteiger partial charge in [-0.15, -0.1) is 0 Å². The van der Waals surface area contributed by atoms with Gasteiger partial charge in [0, 0.05) is 20.6 Å². The first-order valence-electron chi connectivity index (χ1n) is 7.61. The van der Waals surface area contributed by atoms with Gasteiger partial charge in [-0.1, -0.05) is 31.9 Å². The predicted molar refractivity (Wildman–Crippen MR) is 88.4 cm³/mol. The number of aromatic nitrogens is 2. The monoisotopic (exact) mass is 287 g/mol. The van der Waals surface area contributed by atoms with Crippen LogP contribution in [0, 0.1) is 0 Å².